The number of ether oxygens (including phenoxy) is 6. The predicted molar refractivity (Wildman–Crippen MR) is 326 cm³/mol. The van der Waals surface area contributed by atoms with Crippen LogP contribution in [0.5, 0.6) is 23.0 Å². The Bertz CT molecular complexity index is 3010. The van der Waals surface area contributed by atoms with Crippen LogP contribution >= 0.6 is 46.3 Å². The topological polar surface area (TPSA) is 396 Å². The summed E-state index contributed by atoms with van der Waals surface area (Å²) < 4.78 is 98.0. The maximum absolute atomic E-state index is 12.0. The molecule has 0 unspecified atom stereocenters. The van der Waals surface area contributed by atoms with Crippen LogP contribution in [0, 0.1) is 27.7 Å². The molecule has 3 aliphatic rings. The molecule has 0 amide bonds. The fraction of sp³-hybridized carbons (Fsp3) is 0.623. The Balaban J connectivity index is 0.000000289. The maximum Gasteiger partial charge on any atom is 0.331 e. The summed E-state index contributed by atoms with van der Waals surface area (Å²) in [5, 5.41) is 28.6. The van der Waals surface area contributed by atoms with E-state index in [1.54, 1.807) is 19.3 Å². The molecule has 0 saturated heterocycles. The number of pyridine rings is 4. The summed E-state index contributed by atoms with van der Waals surface area (Å²) in [7, 11) is -8.12. The fourth-order valence-electron chi connectivity index (χ4n) is 7.92. The molecule has 3 aliphatic heterocycles. The van der Waals surface area contributed by atoms with E-state index in [4.69, 9.17) is 67.9 Å². The minimum atomic E-state index is -4.00. The van der Waals surface area contributed by atoms with Gasteiger partial charge in [-0.3, -0.25) is 38.2 Å². The molecule has 0 fully saturated rings. The quantitative estimate of drug-likeness (QED) is 0.0200. The van der Waals surface area contributed by atoms with Crippen LogP contribution in [0.3, 0.4) is 0 Å². The van der Waals surface area contributed by atoms with E-state index in [0.717, 1.165) is 67.7 Å². The number of fused-ring (bicyclic) bond motifs is 3. The standard InChI is InChI=1S/C15H25N2O5P.C13H21N2O5P.C11H16N2O2.C10H17N2O5P.C4H10BrO3P/c1-11-14-13(10-21-15(2,3)22-14)12(9-17-11)8-16-6-7-23(18,19-4)20-5;1-9-12-11(8-19-13(2,3)20-12)10(7-15-9)6-14-4-5-21(16,17)18;1-7-10-9(8(4-12)5-13-7)6-14-11(2,3)15-10;1-7-10(14)9(6-13)8(5-12-7)4-11-2-3-18(15,16)17;1-7-9(6,8-2)4-3-5/h9,16H,6-8,10H2,1-5H3;7,14H,4-6,8H2,1-3H3,(H2,16,17,18);5H,4,6,12H2,1-3H3;5,11,13-14H,2-4,6H2,1H3,(H2,15,16,17);3-4H2,1-2H3. The lowest BCUT2D eigenvalue weighted by Gasteiger charge is -2.34. The number of aliphatic hydroxyl groups is 1. The summed E-state index contributed by atoms with van der Waals surface area (Å²) in [6.45, 7) is 22.4. The number of rotatable bonds is 23. The lowest BCUT2D eigenvalue weighted by molar-refractivity contribution is -0.181. The van der Waals surface area contributed by atoms with Crippen molar-refractivity contribution in [2.45, 2.75) is 139 Å². The van der Waals surface area contributed by atoms with Crippen LogP contribution in [-0.4, -0.2) is 145 Å². The first-order valence-electron chi connectivity index (χ1n) is 27.1. The van der Waals surface area contributed by atoms with Crippen LogP contribution in [0.1, 0.15) is 109 Å². The maximum atomic E-state index is 12.0. The predicted octanol–water partition coefficient (Wildman–Crippen LogP) is 7.13. The average Bonchev–Trinajstić information content (AvgIpc) is 2.89. The molecule has 4 aromatic heterocycles. The molecule has 86 heavy (non-hydrogen) atoms. The van der Waals surface area contributed by atoms with Gasteiger partial charge in [0, 0.05) is 168 Å². The van der Waals surface area contributed by atoms with E-state index < -0.39 is 47.7 Å². The number of alkyl halides is 1. The molecule has 0 saturated carbocycles. The zero-order valence-corrected chi connectivity index (χ0v) is 56.7. The lowest BCUT2D eigenvalue weighted by atomic mass is 10.1. The summed E-state index contributed by atoms with van der Waals surface area (Å²) >= 11 is 3.13. The summed E-state index contributed by atoms with van der Waals surface area (Å²) in [6.07, 6.45) is 7.15. The van der Waals surface area contributed by atoms with Crippen molar-refractivity contribution in [3.8, 4) is 23.0 Å². The molecular formula is C53H89BrN8O20P4. The van der Waals surface area contributed by atoms with Crippen molar-refractivity contribution in [2.24, 2.45) is 5.73 Å². The van der Waals surface area contributed by atoms with Crippen molar-refractivity contribution < 1.29 is 94.6 Å². The number of nitrogens with one attached hydrogen (secondary N) is 3. The molecule has 0 bridgehead atoms. The number of aromatic hydroxyl groups is 1. The zero-order chi connectivity index (χ0) is 64.9. The summed E-state index contributed by atoms with van der Waals surface area (Å²) in [5.41, 5.74) is 15.5. The van der Waals surface area contributed by atoms with Gasteiger partial charge in [-0.25, -0.2) is 0 Å². The van der Waals surface area contributed by atoms with Gasteiger partial charge in [0.05, 0.1) is 73.9 Å². The number of hydrogen-bond acceptors (Lipinski definition) is 24. The second-order valence-electron chi connectivity index (χ2n) is 20.9. The van der Waals surface area contributed by atoms with Crippen LogP contribution in [0.15, 0.2) is 24.8 Å². The highest BCUT2D eigenvalue weighted by molar-refractivity contribution is 9.09. The fourth-order valence-corrected chi connectivity index (χ4v) is 11.8. The van der Waals surface area contributed by atoms with Crippen LogP contribution in [0.4, 0.5) is 0 Å². The summed E-state index contributed by atoms with van der Waals surface area (Å²) in [6, 6.07) is 0. The van der Waals surface area contributed by atoms with Crippen molar-refractivity contribution in [3.05, 3.63) is 92.1 Å². The number of aromatic nitrogens is 4. The third-order valence-electron chi connectivity index (χ3n) is 12.9. The number of nitrogens with two attached hydrogens (primary N) is 1. The Morgan fingerprint density at radius 2 is 0.849 bits per heavy atom. The molecule has 33 heteroatoms. The molecule has 0 aromatic carbocycles. The van der Waals surface area contributed by atoms with Gasteiger partial charge in [-0.1, -0.05) is 15.9 Å². The van der Waals surface area contributed by atoms with Crippen LogP contribution < -0.4 is 35.9 Å². The molecule has 0 atom stereocenters. The molecular weight excluding hydrogens is 1270 g/mol. The van der Waals surface area contributed by atoms with Gasteiger partial charge in [0.1, 0.15) is 23.0 Å². The first kappa shape index (κ1) is 76.8. The molecule has 7 rings (SSSR count). The number of aliphatic hydroxyl groups excluding tert-OH is 1. The number of halogens is 1. The first-order valence-corrected chi connectivity index (χ1v) is 35.3. The highest BCUT2D eigenvalue weighted by Crippen LogP contribution is 2.47. The second kappa shape index (κ2) is 34.7. The highest BCUT2D eigenvalue weighted by Gasteiger charge is 2.33. The van der Waals surface area contributed by atoms with Crippen molar-refractivity contribution >= 4 is 46.3 Å². The molecule has 488 valence electrons. The van der Waals surface area contributed by atoms with Gasteiger partial charge in [-0.15, -0.1) is 0 Å². The van der Waals surface area contributed by atoms with Crippen LogP contribution in [-0.2, 0) is 103 Å². The van der Waals surface area contributed by atoms with Gasteiger partial charge in [-0.2, -0.15) is 0 Å². The second-order valence-corrected chi connectivity index (χ2v) is 30.0. The normalized spacial score (nSPS) is 15.5. The van der Waals surface area contributed by atoms with Crippen molar-refractivity contribution in [1.29, 1.82) is 0 Å². The Kier molecular flexibility index (Phi) is 31.0. The van der Waals surface area contributed by atoms with E-state index in [0.29, 0.717) is 80.5 Å². The van der Waals surface area contributed by atoms with Crippen molar-refractivity contribution in [3.63, 3.8) is 0 Å². The Labute approximate surface area is 512 Å². The van der Waals surface area contributed by atoms with E-state index in [2.05, 4.69) is 60.9 Å². The molecule has 0 radical (unpaired) electrons. The summed E-state index contributed by atoms with van der Waals surface area (Å²) in [5.74, 6) is 0.412. The number of hydrogen-bond donors (Lipinski definition) is 10. The highest BCUT2D eigenvalue weighted by atomic mass is 79.9. The van der Waals surface area contributed by atoms with Gasteiger partial charge in [0.15, 0.2) is 0 Å². The molecule has 4 aromatic rings. The average molecular weight is 1360 g/mol. The Morgan fingerprint density at radius 1 is 0.535 bits per heavy atom. The van der Waals surface area contributed by atoms with E-state index >= 15 is 0 Å². The minimum Gasteiger partial charge on any atom is -0.506 e. The van der Waals surface area contributed by atoms with Crippen molar-refractivity contribution in [1.82, 2.24) is 35.9 Å². The molecule has 7 heterocycles. The largest absolute Gasteiger partial charge is 0.506 e. The molecule has 11 N–H and O–H groups in total. The third-order valence-corrected chi connectivity index (χ3v) is 19.3. The van der Waals surface area contributed by atoms with Crippen LogP contribution in [0.25, 0.3) is 0 Å². The zero-order valence-electron chi connectivity index (χ0n) is 51.6. The molecule has 28 nitrogen and oxygen atoms in total. The Morgan fingerprint density at radius 3 is 1.17 bits per heavy atom. The van der Waals surface area contributed by atoms with E-state index in [1.165, 1.54) is 34.6 Å². The summed E-state index contributed by atoms with van der Waals surface area (Å²) in [4.78, 5) is 51.9. The number of aryl methyl sites for hydroxylation is 4. The lowest BCUT2D eigenvalue weighted by Crippen LogP contribution is -2.36. The van der Waals surface area contributed by atoms with E-state index in [1.807, 2.05) is 68.5 Å². The molecule has 0 aliphatic carbocycles. The number of nitrogens with zero attached hydrogens (tertiary/aromatic N) is 4. The van der Waals surface area contributed by atoms with Crippen molar-refractivity contribution in [2.75, 3.05) is 78.1 Å². The molecule has 0 spiro atoms. The van der Waals surface area contributed by atoms with Gasteiger partial charge in [-0.05, 0) is 49.9 Å². The van der Waals surface area contributed by atoms with Crippen LogP contribution in [0.2, 0.25) is 0 Å². The smallest absolute Gasteiger partial charge is 0.331 e. The van der Waals surface area contributed by atoms with Gasteiger partial charge < -0.3 is 98.0 Å². The van der Waals surface area contributed by atoms with Gasteiger partial charge >= 0.3 is 30.4 Å². The minimum absolute atomic E-state index is 0.0493. The first-order chi connectivity index (χ1) is 40.0. The monoisotopic (exact) mass is 1360 g/mol. The third kappa shape index (κ3) is 25.4. The SMILES string of the molecule is COP(=O)(CCBr)OC.COP(=O)(CCNCc1cnc(C)c2c1COC(C)(C)O2)OC.Cc1ncc(CN)c2c1OC(C)(C)OC2.Cc1ncc(CNCCP(=O)(O)O)c(CO)c1O.Cc1ncc(CNCCP(=O)(O)O)c2c1OC(C)(C)OC2. The van der Waals surface area contributed by atoms with Gasteiger partial charge in [0.25, 0.3) is 0 Å². The van der Waals surface area contributed by atoms with Gasteiger partial charge in [0.2, 0.25) is 17.4 Å². The van der Waals surface area contributed by atoms with E-state index in [9.17, 15) is 23.4 Å². The Hall–Kier alpha value is -3.44. The van der Waals surface area contributed by atoms with E-state index in [-0.39, 0.29) is 44.3 Å².